The lowest BCUT2D eigenvalue weighted by Gasteiger charge is -2.33. The van der Waals surface area contributed by atoms with Gasteiger partial charge in [-0.15, -0.1) is 0 Å². The molecular formula is C16H22N4. The Morgan fingerprint density at radius 3 is 2.80 bits per heavy atom. The van der Waals surface area contributed by atoms with Crippen molar-refractivity contribution in [2.45, 2.75) is 26.3 Å². The van der Waals surface area contributed by atoms with Crippen molar-refractivity contribution < 1.29 is 0 Å². The highest BCUT2D eigenvalue weighted by atomic mass is 15.3. The van der Waals surface area contributed by atoms with Gasteiger partial charge in [0.05, 0.1) is 11.6 Å². The summed E-state index contributed by atoms with van der Waals surface area (Å²) < 4.78 is 0. The summed E-state index contributed by atoms with van der Waals surface area (Å²) in [7, 11) is 1.83. The van der Waals surface area contributed by atoms with E-state index >= 15 is 0 Å². The van der Waals surface area contributed by atoms with Gasteiger partial charge in [-0.25, -0.2) is 0 Å². The van der Waals surface area contributed by atoms with Gasteiger partial charge in [-0.2, -0.15) is 5.26 Å². The Labute approximate surface area is 121 Å². The Balaban J connectivity index is 1.92. The van der Waals surface area contributed by atoms with Gasteiger partial charge >= 0.3 is 0 Å². The molecule has 0 aromatic heterocycles. The minimum atomic E-state index is 0.697. The molecule has 0 aliphatic carbocycles. The molecule has 1 atom stereocenters. The number of likely N-dealkylation sites (tertiary alicyclic amines) is 1. The number of hydrogen-bond donors (Lipinski definition) is 1. The van der Waals surface area contributed by atoms with Gasteiger partial charge in [-0.1, -0.05) is 19.1 Å². The molecule has 1 aliphatic heterocycles. The second-order valence-electron chi connectivity index (χ2n) is 5.40. The van der Waals surface area contributed by atoms with Crippen LogP contribution in [0.25, 0.3) is 0 Å². The lowest BCUT2D eigenvalue weighted by molar-refractivity contribution is 0.266. The fourth-order valence-corrected chi connectivity index (χ4v) is 2.59. The molecular weight excluding hydrogens is 248 g/mol. The molecule has 1 aliphatic rings. The molecule has 1 unspecified atom stereocenters. The average molecular weight is 270 g/mol. The Kier molecular flexibility index (Phi) is 5.00. The normalized spacial score (nSPS) is 19.6. The third kappa shape index (κ3) is 3.74. The van der Waals surface area contributed by atoms with Crippen LogP contribution in [0.4, 0.5) is 0 Å². The molecule has 4 heteroatoms. The lowest BCUT2D eigenvalue weighted by Crippen LogP contribution is -2.45. The van der Waals surface area contributed by atoms with Crippen LogP contribution in [0.2, 0.25) is 0 Å². The highest BCUT2D eigenvalue weighted by molar-refractivity contribution is 5.79. The fourth-order valence-electron chi connectivity index (χ4n) is 2.59. The maximum atomic E-state index is 8.79. The van der Waals surface area contributed by atoms with Gasteiger partial charge in [0.25, 0.3) is 0 Å². The van der Waals surface area contributed by atoms with E-state index < -0.39 is 0 Å². The molecule has 0 bridgehead atoms. The average Bonchev–Trinajstić information content (AvgIpc) is 2.48. The molecule has 1 aromatic rings. The zero-order valence-electron chi connectivity index (χ0n) is 12.3. The summed E-state index contributed by atoms with van der Waals surface area (Å²) in [5, 5.41) is 12.2. The summed E-state index contributed by atoms with van der Waals surface area (Å²) >= 11 is 0. The molecule has 1 N–H and O–H groups in total. The third-order valence-electron chi connectivity index (χ3n) is 3.70. The molecule has 1 fully saturated rings. The largest absolute Gasteiger partial charge is 0.352 e. The van der Waals surface area contributed by atoms with Gasteiger partial charge < -0.3 is 10.2 Å². The summed E-state index contributed by atoms with van der Waals surface area (Å²) in [5.41, 5.74) is 1.86. The van der Waals surface area contributed by atoms with E-state index in [9.17, 15) is 0 Å². The zero-order valence-corrected chi connectivity index (χ0v) is 12.3. The second-order valence-corrected chi connectivity index (χ2v) is 5.40. The Hall–Kier alpha value is -2.02. The Morgan fingerprint density at radius 2 is 2.20 bits per heavy atom. The number of nitrogens with zero attached hydrogens (tertiary/aromatic N) is 3. The number of piperidine rings is 1. The predicted octanol–water partition coefficient (Wildman–Crippen LogP) is 2.37. The molecule has 0 saturated carbocycles. The van der Waals surface area contributed by atoms with E-state index in [2.05, 4.69) is 28.2 Å². The van der Waals surface area contributed by atoms with Crippen LogP contribution in [0.1, 0.15) is 30.9 Å². The van der Waals surface area contributed by atoms with Crippen LogP contribution in [0.3, 0.4) is 0 Å². The minimum absolute atomic E-state index is 0.697. The standard InChI is InChI=1S/C16H22N4/c1-13-4-3-9-20(12-13)16(18-2)19-11-15-7-5-14(10-17)6-8-15/h5-8,13H,3-4,9,11-12H2,1-2H3,(H,18,19). The first kappa shape index (κ1) is 14.4. The van der Waals surface area contributed by atoms with Gasteiger partial charge in [0.15, 0.2) is 5.96 Å². The van der Waals surface area contributed by atoms with Crippen molar-refractivity contribution in [3.8, 4) is 6.07 Å². The first-order valence-corrected chi connectivity index (χ1v) is 7.17. The molecule has 1 heterocycles. The maximum absolute atomic E-state index is 8.79. The van der Waals surface area contributed by atoms with E-state index in [0.29, 0.717) is 5.56 Å². The van der Waals surface area contributed by atoms with Crippen molar-refractivity contribution in [2.24, 2.45) is 10.9 Å². The molecule has 0 radical (unpaired) electrons. The van der Waals surface area contributed by atoms with Crippen molar-refractivity contribution in [3.63, 3.8) is 0 Å². The zero-order chi connectivity index (χ0) is 14.4. The summed E-state index contributed by atoms with van der Waals surface area (Å²) in [6, 6.07) is 9.80. The summed E-state index contributed by atoms with van der Waals surface area (Å²) in [6.07, 6.45) is 2.54. The van der Waals surface area contributed by atoms with Gasteiger partial charge in [-0.3, -0.25) is 4.99 Å². The number of nitriles is 1. The Morgan fingerprint density at radius 1 is 1.45 bits per heavy atom. The van der Waals surface area contributed by atoms with Crippen molar-refractivity contribution in [1.82, 2.24) is 10.2 Å². The van der Waals surface area contributed by atoms with Crippen molar-refractivity contribution in [2.75, 3.05) is 20.1 Å². The van der Waals surface area contributed by atoms with E-state index in [4.69, 9.17) is 5.26 Å². The molecule has 4 nitrogen and oxygen atoms in total. The van der Waals surface area contributed by atoms with Crippen molar-refractivity contribution >= 4 is 5.96 Å². The minimum Gasteiger partial charge on any atom is -0.352 e. The smallest absolute Gasteiger partial charge is 0.193 e. The number of hydrogen-bond acceptors (Lipinski definition) is 2. The van der Waals surface area contributed by atoms with Crippen LogP contribution >= 0.6 is 0 Å². The lowest BCUT2D eigenvalue weighted by atomic mass is 10.0. The second kappa shape index (κ2) is 6.95. The molecule has 0 spiro atoms. The van der Waals surface area contributed by atoms with E-state index in [1.807, 2.05) is 31.3 Å². The summed E-state index contributed by atoms with van der Waals surface area (Å²) in [6.45, 7) is 5.19. The topological polar surface area (TPSA) is 51.4 Å². The first-order chi connectivity index (χ1) is 9.72. The van der Waals surface area contributed by atoms with Crippen LogP contribution < -0.4 is 5.32 Å². The fraction of sp³-hybridized carbons (Fsp3) is 0.500. The van der Waals surface area contributed by atoms with Crippen LogP contribution in [0.15, 0.2) is 29.3 Å². The van der Waals surface area contributed by atoms with E-state index in [1.165, 1.54) is 12.8 Å². The molecule has 20 heavy (non-hydrogen) atoms. The van der Waals surface area contributed by atoms with E-state index in [-0.39, 0.29) is 0 Å². The van der Waals surface area contributed by atoms with Gasteiger partial charge in [0.1, 0.15) is 0 Å². The third-order valence-corrected chi connectivity index (χ3v) is 3.70. The Bertz CT molecular complexity index is 498. The highest BCUT2D eigenvalue weighted by Crippen LogP contribution is 2.15. The van der Waals surface area contributed by atoms with Crippen LogP contribution in [0, 0.1) is 17.2 Å². The number of benzene rings is 1. The van der Waals surface area contributed by atoms with Crippen LogP contribution in [-0.2, 0) is 6.54 Å². The highest BCUT2D eigenvalue weighted by Gasteiger charge is 2.18. The predicted molar refractivity (Wildman–Crippen MR) is 81.3 cm³/mol. The quantitative estimate of drug-likeness (QED) is 0.663. The number of aliphatic imine (C=N–C) groups is 1. The SMILES string of the molecule is CN=C(NCc1ccc(C#N)cc1)N1CCCC(C)C1. The summed E-state index contributed by atoms with van der Waals surface area (Å²) in [4.78, 5) is 6.71. The molecule has 2 rings (SSSR count). The molecule has 1 aromatic carbocycles. The van der Waals surface area contributed by atoms with Crippen molar-refractivity contribution in [1.29, 1.82) is 5.26 Å². The van der Waals surface area contributed by atoms with Crippen LogP contribution in [0.5, 0.6) is 0 Å². The first-order valence-electron chi connectivity index (χ1n) is 7.17. The van der Waals surface area contributed by atoms with E-state index in [1.54, 1.807) is 0 Å². The van der Waals surface area contributed by atoms with Gasteiger partial charge in [0.2, 0.25) is 0 Å². The van der Waals surface area contributed by atoms with Gasteiger partial charge in [0, 0.05) is 26.7 Å². The number of rotatable bonds is 2. The molecule has 1 saturated heterocycles. The van der Waals surface area contributed by atoms with Crippen LogP contribution in [-0.4, -0.2) is 31.0 Å². The maximum Gasteiger partial charge on any atom is 0.193 e. The molecule has 0 amide bonds. The number of guanidine groups is 1. The van der Waals surface area contributed by atoms with Gasteiger partial charge in [-0.05, 0) is 36.5 Å². The van der Waals surface area contributed by atoms with Crippen molar-refractivity contribution in [3.05, 3.63) is 35.4 Å². The number of nitrogens with one attached hydrogen (secondary N) is 1. The monoisotopic (exact) mass is 270 g/mol. The molecule has 106 valence electrons. The summed E-state index contributed by atoms with van der Waals surface area (Å²) in [5.74, 6) is 1.71. The van der Waals surface area contributed by atoms with E-state index in [0.717, 1.165) is 37.1 Å².